The van der Waals surface area contributed by atoms with E-state index >= 15 is 0 Å². The van der Waals surface area contributed by atoms with Gasteiger partial charge in [-0.25, -0.2) is 0 Å². The molecule has 1 nitrogen and oxygen atoms in total. The number of halogens is 2. The average molecular weight is 210 g/mol. The standard InChI is InChI=1S/C7H9Cl2NS/c1-4(10)2-6-7(9)5(8)3-11-6/h3-4H,2,10H2,1H3. The van der Waals surface area contributed by atoms with Crippen LogP contribution in [0.25, 0.3) is 0 Å². The Morgan fingerprint density at radius 2 is 2.27 bits per heavy atom. The Balaban J connectivity index is 2.79. The monoisotopic (exact) mass is 209 g/mol. The van der Waals surface area contributed by atoms with Gasteiger partial charge < -0.3 is 5.73 Å². The van der Waals surface area contributed by atoms with Gasteiger partial charge in [0.1, 0.15) is 0 Å². The van der Waals surface area contributed by atoms with E-state index in [1.807, 2.05) is 12.3 Å². The van der Waals surface area contributed by atoms with Gasteiger partial charge in [-0.3, -0.25) is 0 Å². The van der Waals surface area contributed by atoms with Crippen molar-refractivity contribution < 1.29 is 0 Å². The molecule has 0 saturated carbocycles. The minimum absolute atomic E-state index is 0.141. The molecule has 4 heteroatoms. The Morgan fingerprint density at radius 3 is 2.64 bits per heavy atom. The van der Waals surface area contributed by atoms with Crippen LogP contribution in [0.4, 0.5) is 0 Å². The number of hydrogen-bond donors (Lipinski definition) is 1. The summed E-state index contributed by atoms with van der Waals surface area (Å²) in [6.07, 6.45) is 0.802. The quantitative estimate of drug-likeness (QED) is 0.797. The molecule has 1 heterocycles. The van der Waals surface area contributed by atoms with Gasteiger partial charge in [0.25, 0.3) is 0 Å². The number of nitrogens with two attached hydrogens (primary N) is 1. The van der Waals surface area contributed by atoms with Gasteiger partial charge in [0, 0.05) is 16.3 Å². The van der Waals surface area contributed by atoms with Crippen molar-refractivity contribution in [3.05, 3.63) is 20.3 Å². The van der Waals surface area contributed by atoms with Crippen LogP contribution >= 0.6 is 34.5 Å². The van der Waals surface area contributed by atoms with Gasteiger partial charge in [-0.1, -0.05) is 23.2 Å². The molecule has 0 fully saturated rings. The molecule has 0 aromatic carbocycles. The first kappa shape index (κ1) is 9.33. The van der Waals surface area contributed by atoms with Gasteiger partial charge in [0.05, 0.1) is 10.0 Å². The largest absolute Gasteiger partial charge is 0.328 e. The minimum Gasteiger partial charge on any atom is -0.328 e. The van der Waals surface area contributed by atoms with E-state index in [0.717, 1.165) is 11.3 Å². The molecule has 62 valence electrons. The summed E-state index contributed by atoms with van der Waals surface area (Å²) < 4.78 is 0. The lowest BCUT2D eigenvalue weighted by molar-refractivity contribution is 0.747. The fourth-order valence-corrected chi connectivity index (χ4v) is 2.36. The van der Waals surface area contributed by atoms with E-state index in [1.54, 1.807) is 11.3 Å². The van der Waals surface area contributed by atoms with Crippen molar-refractivity contribution in [2.45, 2.75) is 19.4 Å². The summed E-state index contributed by atoms with van der Waals surface area (Å²) in [4.78, 5) is 1.08. The number of hydrogen-bond acceptors (Lipinski definition) is 2. The van der Waals surface area contributed by atoms with Crippen LogP contribution in [0.3, 0.4) is 0 Å². The van der Waals surface area contributed by atoms with Gasteiger partial charge in [-0.2, -0.15) is 0 Å². The molecule has 0 radical (unpaired) electrons. The van der Waals surface area contributed by atoms with E-state index in [9.17, 15) is 0 Å². The van der Waals surface area contributed by atoms with Gasteiger partial charge in [0.15, 0.2) is 0 Å². The van der Waals surface area contributed by atoms with Crippen molar-refractivity contribution in [1.82, 2.24) is 0 Å². The van der Waals surface area contributed by atoms with Gasteiger partial charge in [0.2, 0.25) is 0 Å². The topological polar surface area (TPSA) is 26.0 Å². The SMILES string of the molecule is CC(N)Cc1scc(Cl)c1Cl. The highest BCUT2D eigenvalue weighted by atomic mass is 35.5. The molecule has 1 aromatic rings. The number of thiophene rings is 1. The molecule has 1 aromatic heterocycles. The Morgan fingerprint density at radius 1 is 1.64 bits per heavy atom. The third-order valence-electron chi connectivity index (χ3n) is 1.27. The molecule has 0 bridgehead atoms. The molecule has 1 atom stereocenters. The fraction of sp³-hybridized carbons (Fsp3) is 0.429. The molecule has 0 aliphatic rings. The molecule has 0 aliphatic carbocycles. The van der Waals surface area contributed by atoms with Gasteiger partial charge in [-0.05, 0) is 13.3 Å². The van der Waals surface area contributed by atoms with Gasteiger partial charge >= 0.3 is 0 Å². The highest BCUT2D eigenvalue weighted by Crippen LogP contribution is 2.32. The van der Waals surface area contributed by atoms with Crippen molar-refractivity contribution in [1.29, 1.82) is 0 Å². The third kappa shape index (κ3) is 2.34. The lowest BCUT2D eigenvalue weighted by Crippen LogP contribution is -2.17. The van der Waals surface area contributed by atoms with Crippen LogP contribution < -0.4 is 5.73 Å². The minimum atomic E-state index is 0.141. The highest BCUT2D eigenvalue weighted by molar-refractivity contribution is 7.11. The average Bonchev–Trinajstić information content (AvgIpc) is 2.18. The molecule has 11 heavy (non-hydrogen) atoms. The second-order valence-electron chi connectivity index (χ2n) is 2.50. The van der Waals surface area contributed by atoms with Crippen LogP contribution in [0.2, 0.25) is 10.0 Å². The Labute approximate surface area is 80.1 Å². The van der Waals surface area contributed by atoms with E-state index in [2.05, 4.69) is 0 Å². The van der Waals surface area contributed by atoms with Crippen LogP contribution in [0.15, 0.2) is 5.38 Å². The smallest absolute Gasteiger partial charge is 0.0732 e. The van der Waals surface area contributed by atoms with Crippen LogP contribution in [0, 0.1) is 0 Å². The molecular formula is C7H9Cl2NS. The van der Waals surface area contributed by atoms with Crippen LogP contribution in [0.5, 0.6) is 0 Å². The lowest BCUT2D eigenvalue weighted by Gasteiger charge is -2.01. The van der Waals surface area contributed by atoms with Crippen LogP contribution in [0.1, 0.15) is 11.8 Å². The Kier molecular flexibility index (Phi) is 3.19. The van der Waals surface area contributed by atoms with Crippen molar-refractivity contribution in [2.75, 3.05) is 0 Å². The predicted octanol–water partition coefficient (Wildman–Crippen LogP) is 2.94. The molecule has 0 amide bonds. The van der Waals surface area contributed by atoms with Crippen LogP contribution in [-0.4, -0.2) is 6.04 Å². The van der Waals surface area contributed by atoms with E-state index in [0.29, 0.717) is 10.0 Å². The van der Waals surface area contributed by atoms with Gasteiger partial charge in [-0.15, -0.1) is 11.3 Å². The molecule has 2 N–H and O–H groups in total. The first-order chi connectivity index (χ1) is 5.11. The molecular weight excluding hydrogens is 201 g/mol. The zero-order chi connectivity index (χ0) is 8.43. The summed E-state index contributed by atoms with van der Waals surface area (Å²) in [5.41, 5.74) is 5.61. The maximum absolute atomic E-state index is 5.88. The van der Waals surface area contributed by atoms with Crippen molar-refractivity contribution in [2.24, 2.45) is 5.73 Å². The summed E-state index contributed by atoms with van der Waals surface area (Å²) >= 11 is 13.2. The van der Waals surface area contributed by atoms with Crippen molar-refractivity contribution in [3.8, 4) is 0 Å². The van der Waals surface area contributed by atoms with E-state index in [-0.39, 0.29) is 6.04 Å². The third-order valence-corrected chi connectivity index (χ3v) is 3.34. The van der Waals surface area contributed by atoms with E-state index in [4.69, 9.17) is 28.9 Å². The molecule has 0 spiro atoms. The summed E-state index contributed by atoms with van der Waals surface area (Å²) in [5, 5.41) is 3.13. The Hall–Kier alpha value is 0.240. The summed E-state index contributed by atoms with van der Waals surface area (Å²) in [6, 6.07) is 0.141. The summed E-state index contributed by atoms with van der Waals surface area (Å²) in [6.45, 7) is 1.95. The zero-order valence-electron chi connectivity index (χ0n) is 6.10. The number of rotatable bonds is 2. The predicted molar refractivity (Wildman–Crippen MR) is 51.7 cm³/mol. The summed E-state index contributed by atoms with van der Waals surface area (Å²) in [7, 11) is 0. The van der Waals surface area contributed by atoms with E-state index in [1.165, 1.54) is 0 Å². The van der Waals surface area contributed by atoms with E-state index < -0.39 is 0 Å². The normalized spacial score (nSPS) is 13.5. The highest BCUT2D eigenvalue weighted by Gasteiger charge is 2.08. The molecule has 0 aliphatic heterocycles. The second kappa shape index (κ2) is 3.76. The first-order valence-electron chi connectivity index (χ1n) is 3.28. The first-order valence-corrected chi connectivity index (χ1v) is 4.91. The maximum atomic E-state index is 5.88. The molecule has 1 unspecified atom stereocenters. The molecule has 1 rings (SSSR count). The van der Waals surface area contributed by atoms with Crippen LogP contribution in [-0.2, 0) is 6.42 Å². The molecule has 0 saturated heterocycles. The summed E-state index contributed by atoms with van der Waals surface area (Å²) in [5.74, 6) is 0. The fourth-order valence-electron chi connectivity index (χ4n) is 0.790. The Bertz CT molecular complexity index is 245. The zero-order valence-corrected chi connectivity index (χ0v) is 8.43. The lowest BCUT2D eigenvalue weighted by atomic mass is 10.2. The van der Waals surface area contributed by atoms with Crippen molar-refractivity contribution >= 4 is 34.5 Å². The second-order valence-corrected chi connectivity index (χ2v) is 4.25. The maximum Gasteiger partial charge on any atom is 0.0732 e. The van der Waals surface area contributed by atoms with Crippen molar-refractivity contribution in [3.63, 3.8) is 0 Å².